The van der Waals surface area contributed by atoms with Crippen LogP contribution < -0.4 is 4.90 Å². The normalized spacial score (nSPS) is 14.3. The van der Waals surface area contributed by atoms with Crippen molar-refractivity contribution in [3.63, 3.8) is 0 Å². The van der Waals surface area contributed by atoms with Gasteiger partial charge in [-0.2, -0.15) is 5.26 Å². The summed E-state index contributed by atoms with van der Waals surface area (Å²) < 4.78 is 0. The molecule has 1 aliphatic rings. The van der Waals surface area contributed by atoms with Crippen LogP contribution in [-0.2, 0) is 0 Å². The van der Waals surface area contributed by atoms with E-state index in [9.17, 15) is 5.26 Å². The van der Waals surface area contributed by atoms with Crippen molar-refractivity contribution in [3.8, 4) is 6.07 Å². The van der Waals surface area contributed by atoms with Gasteiger partial charge < -0.3 is 4.90 Å². The van der Waals surface area contributed by atoms with Crippen LogP contribution in [0, 0.1) is 11.3 Å². The molecular formula is C17H18N2. The first-order chi connectivity index (χ1) is 9.35. The van der Waals surface area contributed by atoms with E-state index in [-0.39, 0.29) is 0 Å². The highest BCUT2D eigenvalue weighted by molar-refractivity contribution is 5.98. The number of benzene rings is 2. The molecule has 1 fully saturated rings. The molecule has 0 atom stereocenters. The monoisotopic (exact) mass is 250 g/mol. The molecule has 2 aromatic carbocycles. The largest absolute Gasteiger partial charge is 0.368 e. The van der Waals surface area contributed by atoms with E-state index >= 15 is 0 Å². The van der Waals surface area contributed by atoms with E-state index in [0.29, 0.717) is 6.04 Å². The molecule has 0 unspecified atom stereocenters. The van der Waals surface area contributed by atoms with E-state index in [1.165, 1.54) is 23.9 Å². The van der Waals surface area contributed by atoms with Crippen LogP contribution in [0.2, 0.25) is 0 Å². The first kappa shape index (κ1) is 12.0. The molecule has 0 N–H and O–H groups in total. The number of rotatable bonds is 4. The van der Waals surface area contributed by atoms with Crippen molar-refractivity contribution in [2.24, 2.45) is 0 Å². The van der Waals surface area contributed by atoms with Crippen LogP contribution >= 0.6 is 0 Å². The van der Waals surface area contributed by atoms with Crippen molar-refractivity contribution in [1.29, 1.82) is 5.26 Å². The molecule has 19 heavy (non-hydrogen) atoms. The maximum Gasteiger partial charge on any atom is 0.0998 e. The molecule has 0 spiro atoms. The molecule has 1 saturated carbocycles. The van der Waals surface area contributed by atoms with Crippen molar-refractivity contribution in [2.75, 3.05) is 11.4 Å². The predicted molar refractivity (Wildman–Crippen MR) is 79.3 cm³/mol. The fourth-order valence-corrected chi connectivity index (χ4v) is 2.76. The second-order valence-corrected chi connectivity index (χ2v) is 5.21. The van der Waals surface area contributed by atoms with E-state index < -0.39 is 0 Å². The van der Waals surface area contributed by atoms with E-state index in [1.807, 2.05) is 12.1 Å². The first-order valence-electron chi connectivity index (χ1n) is 7.03. The number of fused-ring (bicyclic) bond motifs is 1. The van der Waals surface area contributed by atoms with Gasteiger partial charge in [0.2, 0.25) is 0 Å². The van der Waals surface area contributed by atoms with Crippen LogP contribution in [0.1, 0.15) is 31.7 Å². The van der Waals surface area contributed by atoms with Gasteiger partial charge in [-0.3, -0.25) is 0 Å². The molecule has 0 amide bonds. The summed E-state index contributed by atoms with van der Waals surface area (Å²) in [6, 6.07) is 15.3. The maximum absolute atomic E-state index is 9.23. The lowest BCUT2D eigenvalue weighted by molar-refractivity contribution is 0.766. The van der Waals surface area contributed by atoms with Crippen LogP contribution in [0.25, 0.3) is 10.8 Å². The number of nitriles is 1. The van der Waals surface area contributed by atoms with E-state index in [2.05, 4.69) is 42.2 Å². The molecule has 0 bridgehead atoms. The Kier molecular flexibility index (Phi) is 3.13. The molecule has 2 aromatic rings. The molecule has 0 aliphatic heterocycles. The second kappa shape index (κ2) is 4.93. The summed E-state index contributed by atoms with van der Waals surface area (Å²) >= 11 is 0. The molecule has 0 aromatic heterocycles. The third-order valence-corrected chi connectivity index (χ3v) is 3.78. The summed E-state index contributed by atoms with van der Waals surface area (Å²) in [5.74, 6) is 0. The minimum atomic E-state index is 0.705. The molecule has 0 heterocycles. The van der Waals surface area contributed by atoms with Crippen molar-refractivity contribution in [3.05, 3.63) is 42.0 Å². The Morgan fingerprint density at radius 1 is 1.16 bits per heavy atom. The van der Waals surface area contributed by atoms with Crippen molar-refractivity contribution < 1.29 is 0 Å². The van der Waals surface area contributed by atoms with Crippen molar-refractivity contribution >= 4 is 16.5 Å². The molecular weight excluding hydrogens is 232 g/mol. The van der Waals surface area contributed by atoms with Gasteiger partial charge in [-0.25, -0.2) is 0 Å². The van der Waals surface area contributed by atoms with Gasteiger partial charge in [0.1, 0.15) is 0 Å². The zero-order chi connectivity index (χ0) is 13.2. The third kappa shape index (κ3) is 2.17. The highest BCUT2D eigenvalue weighted by Crippen LogP contribution is 2.36. The fourth-order valence-electron chi connectivity index (χ4n) is 2.76. The van der Waals surface area contributed by atoms with Gasteiger partial charge in [0.25, 0.3) is 0 Å². The van der Waals surface area contributed by atoms with Gasteiger partial charge in [-0.15, -0.1) is 0 Å². The third-order valence-electron chi connectivity index (χ3n) is 3.78. The summed E-state index contributed by atoms with van der Waals surface area (Å²) in [6.07, 6.45) is 3.76. The quantitative estimate of drug-likeness (QED) is 0.817. The minimum absolute atomic E-state index is 0.705. The Balaban J connectivity index is 2.16. The van der Waals surface area contributed by atoms with E-state index in [1.54, 1.807) is 0 Å². The smallest absolute Gasteiger partial charge is 0.0998 e. The van der Waals surface area contributed by atoms with Crippen molar-refractivity contribution in [1.82, 2.24) is 0 Å². The molecule has 2 heteroatoms. The van der Waals surface area contributed by atoms with E-state index in [0.717, 1.165) is 23.9 Å². The first-order valence-corrected chi connectivity index (χ1v) is 7.03. The Hall–Kier alpha value is -2.01. The summed E-state index contributed by atoms with van der Waals surface area (Å²) in [5, 5.41) is 11.5. The van der Waals surface area contributed by atoms with Gasteiger partial charge in [0.15, 0.2) is 0 Å². The summed E-state index contributed by atoms with van der Waals surface area (Å²) in [5.41, 5.74) is 2.06. The second-order valence-electron chi connectivity index (χ2n) is 5.21. The Morgan fingerprint density at radius 2 is 1.89 bits per heavy atom. The van der Waals surface area contributed by atoms with Crippen LogP contribution in [0.3, 0.4) is 0 Å². The zero-order valence-corrected chi connectivity index (χ0v) is 11.3. The number of anilines is 1. The highest BCUT2D eigenvalue weighted by Gasteiger charge is 2.29. The molecule has 1 aliphatic carbocycles. The van der Waals surface area contributed by atoms with Gasteiger partial charge >= 0.3 is 0 Å². The standard InChI is InChI=1S/C17H18N2/c1-2-11-19(14-8-9-14)17-10-7-13(12-18)15-5-3-4-6-16(15)17/h3-7,10,14H,2,8-9,11H2,1H3. The van der Waals surface area contributed by atoms with Gasteiger partial charge in [-0.1, -0.05) is 31.2 Å². The fraction of sp³-hybridized carbons (Fsp3) is 0.353. The van der Waals surface area contributed by atoms with Gasteiger partial charge in [0.05, 0.1) is 11.6 Å². The highest BCUT2D eigenvalue weighted by atomic mass is 15.2. The molecule has 0 saturated heterocycles. The Morgan fingerprint density at radius 3 is 2.53 bits per heavy atom. The number of hydrogen-bond donors (Lipinski definition) is 0. The number of hydrogen-bond acceptors (Lipinski definition) is 2. The van der Waals surface area contributed by atoms with Gasteiger partial charge in [-0.05, 0) is 31.4 Å². The lowest BCUT2D eigenvalue weighted by Crippen LogP contribution is -2.26. The minimum Gasteiger partial charge on any atom is -0.368 e. The SMILES string of the molecule is CCCN(c1ccc(C#N)c2ccccc12)C1CC1. The average Bonchev–Trinajstić information content (AvgIpc) is 3.28. The molecule has 3 rings (SSSR count). The van der Waals surface area contributed by atoms with E-state index in [4.69, 9.17) is 0 Å². The summed E-state index contributed by atoms with van der Waals surface area (Å²) in [6.45, 7) is 3.32. The Bertz CT molecular complexity index is 635. The molecule has 2 nitrogen and oxygen atoms in total. The number of nitrogens with zero attached hydrogens (tertiary/aromatic N) is 2. The topological polar surface area (TPSA) is 27.0 Å². The van der Waals surface area contributed by atoms with Crippen LogP contribution in [0.15, 0.2) is 36.4 Å². The summed E-state index contributed by atoms with van der Waals surface area (Å²) in [7, 11) is 0. The zero-order valence-electron chi connectivity index (χ0n) is 11.3. The van der Waals surface area contributed by atoms with Crippen LogP contribution in [-0.4, -0.2) is 12.6 Å². The van der Waals surface area contributed by atoms with Gasteiger partial charge in [0, 0.05) is 29.0 Å². The summed E-state index contributed by atoms with van der Waals surface area (Å²) in [4.78, 5) is 2.52. The predicted octanol–water partition coefficient (Wildman–Crippen LogP) is 4.09. The average molecular weight is 250 g/mol. The molecule has 0 radical (unpaired) electrons. The lowest BCUT2D eigenvalue weighted by atomic mass is 10.0. The van der Waals surface area contributed by atoms with Crippen LogP contribution in [0.4, 0.5) is 5.69 Å². The maximum atomic E-state index is 9.23. The van der Waals surface area contributed by atoms with Crippen LogP contribution in [0.5, 0.6) is 0 Å². The van der Waals surface area contributed by atoms with Crippen molar-refractivity contribution in [2.45, 2.75) is 32.2 Å². The lowest BCUT2D eigenvalue weighted by Gasteiger charge is -2.26. The molecule has 96 valence electrons. The Labute approximate surface area is 114 Å².